The van der Waals surface area contributed by atoms with Gasteiger partial charge in [-0.1, -0.05) is 37.6 Å². The Kier molecular flexibility index (Phi) is 10.2. The molecule has 44 heavy (non-hydrogen) atoms. The highest BCUT2D eigenvalue weighted by atomic mass is 35.5. The number of carbonyl (C=O) groups excluding carboxylic acids is 1. The molecular weight excluding hydrogens is 594 g/mol. The average Bonchev–Trinajstić information content (AvgIpc) is 3.35. The molecule has 0 spiro atoms. The van der Waals surface area contributed by atoms with Crippen molar-refractivity contribution in [2.24, 2.45) is 5.41 Å². The minimum Gasteiger partial charge on any atom is -0.493 e. The fourth-order valence-corrected chi connectivity index (χ4v) is 5.36. The number of carbonyl (C=O) groups is 3. The summed E-state index contributed by atoms with van der Waals surface area (Å²) in [4.78, 5) is 39.1. The van der Waals surface area contributed by atoms with Gasteiger partial charge in [0.15, 0.2) is 11.5 Å². The molecule has 1 aromatic heterocycles. The van der Waals surface area contributed by atoms with Gasteiger partial charge in [-0.3, -0.25) is 14.3 Å². The van der Waals surface area contributed by atoms with Crippen LogP contribution in [-0.4, -0.2) is 76.4 Å². The molecule has 236 valence electrons. The number of aliphatic hydroxyl groups excluding tert-OH is 1. The highest BCUT2D eigenvalue weighted by Crippen LogP contribution is 2.45. The summed E-state index contributed by atoms with van der Waals surface area (Å²) in [6.45, 7) is 3.73. The Bertz CT molecular complexity index is 1540. The molecule has 3 aromatic rings. The fourth-order valence-electron chi connectivity index (χ4n) is 5.18. The van der Waals surface area contributed by atoms with Gasteiger partial charge < -0.3 is 34.4 Å². The normalized spacial score (nSPS) is 16.8. The van der Waals surface area contributed by atoms with Gasteiger partial charge in [0.2, 0.25) is 0 Å². The number of anilines is 1. The second-order valence-corrected chi connectivity index (χ2v) is 11.7. The van der Waals surface area contributed by atoms with Crippen LogP contribution >= 0.6 is 11.6 Å². The van der Waals surface area contributed by atoms with Crippen LogP contribution < -0.4 is 14.4 Å². The smallest absolute Gasteiger partial charge is 0.339 e. The monoisotopic (exact) mass is 629 g/mol. The van der Waals surface area contributed by atoms with Crippen molar-refractivity contribution >= 4 is 35.1 Å². The number of para-hydroxylation sites is 1. The molecule has 1 unspecified atom stereocenters. The number of ether oxygens (including phenoxy) is 3. The molecule has 2 aromatic carbocycles. The number of halogens is 1. The van der Waals surface area contributed by atoms with Crippen LogP contribution in [0, 0.1) is 5.41 Å². The quantitative estimate of drug-likeness (QED) is 0.250. The lowest BCUT2D eigenvalue weighted by molar-refractivity contribution is -0.137. The number of amides is 1. The maximum absolute atomic E-state index is 14.4. The number of carboxylic acids is 2. The predicted molar refractivity (Wildman–Crippen MR) is 161 cm³/mol. The van der Waals surface area contributed by atoms with Crippen molar-refractivity contribution in [2.45, 2.75) is 51.9 Å². The van der Waals surface area contributed by atoms with E-state index < -0.39 is 35.5 Å². The van der Waals surface area contributed by atoms with Crippen molar-refractivity contribution in [1.82, 2.24) is 9.78 Å². The van der Waals surface area contributed by atoms with Crippen molar-refractivity contribution in [3.8, 4) is 11.5 Å². The van der Waals surface area contributed by atoms with Gasteiger partial charge in [-0.25, -0.2) is 4.79 Å². The summed E-state index contributed by atoms with van der Waals surface area (Å²) in [5.74, 6) is -1.86. The molecule has 1 aliphatic heterocycles. The zero-order chi connectivity index (χ0) is 32.2. The van der Waals surface area contributed by atoms with Gasteiger partial charge in [0, 0.05) is 66.0 Å². The lowest BCUT2D eigenvalue weighted by atomic mass is 9.92. The van der Waals surface area contributed by atoms with Crippen molar-refractivity contribution in [2.75, 3.05) is 32.3 Å². The van der Waals surface area contributed by atoms with Crippen LogP contribution in [0.4, 0.5) is 5.69 Å². The molecular formula is C31H36ClN3O9. The molecule has 0 radical (unpaired) electrons. The lowest BCUT2D eigenvalue weighted by Crippen LogP contribution is -2.46. The van der Waals surface area contributed by atoms with E-state index in [0.717, 1.165) is 0 Å². The third-order valence-corrected chi connectivity index (χ3v) is 7.59. The first-order chi connectivity index (χ1) is 20.9. The van der Waals surface area contributed by atoms with Gasteiger partial charge in [0.25, 0.3) is 5.91 Å². The third-order valence-electron chi connectivity index (χ3n) is 7.36. The summed E-state index contributed by atoms with van der Waals surface area (Å²) in [6.07, 6.45) is -0.876. The van der Waals surface area contributed by atoms with E-state index in [1.54, 1.807) is 36.4 Å². The lowest BCUT2D eigenvalue weighted by Gasteiger charge is -2.32. The predicted octanol–water partition coefficient (Wildman–Crippen LogP) is 4.20. The summed E-state index contributed by atoms with van der Waals surface area (Å²) in [5.41, 5.74) is 0.895. The van der Waals surface area contributed by atoms with E-state index in [1.807, 2.05) is 13.8 Å². The van der Waals surface area contributed by atoms with Crippen LogP contribution in [0.5, 0.6) is 11.5 Å². The Hall–Kier alpha value is -4.13. The maximum atomic E-state index is 14.4. The summed E-state index contributed by atoms with van der Waals surface area (Å²) in [7, 11) is 3.00. The van der Waals surface area contributed by atoms with Gasteiger partial charge in [0.1, 0.15) is 17.8 Å². The molecule has 2 atom stereocenters. The standard InChI is InChI=1S/C31H36ClN3O9/c1-31(2,17-36)16-35-23-11-10-18(32)13-20(23)27(19-7-5-8-24(42-3)28(19)43-4)44-25(29(35)39)14-22-21(30(40)41)15-34(33-22)12-6-9-26(37)38/h5,7-8,10-11,13,15,25,27,36H,6,9,12,14,16-17H2,1-4H3,(H,37,38)(H,40,41)/t25?,27-/m1/s1. The molecule has 12 nitrogen and oxygen atoms in total. The van der Waals surface area contributed by atoms with Gasteiger partial charge >= 0.3 is 11.9 Å². The molecule has 0 fully saturated rings. The number of aromatic carboxylic acids is 1. The molecule has 4 rings (SSSR count). The number of hydrogen-bond acceptors (Lipinski definition) is 8. The topological polar surface area (TPSA) is 161 Å². The number of carboxylic acid groups (broad SMARTS) is 2. The molecule has 13 heteroatoms. The first-order valence-electron chi connectivity index (χ1n) is 14.0. The average molecular weight is 630 g/mol. The zero-order valence-corrected chi connectivity index (χ0v) is 25.7. The maximum Gasteiger partial charge on any atom is 0.339 e. The first-order valence-corrected chi connectivity index (χ1v) is 14.4. The molecule has 1 aliphatic rings. The molecule has 3 N–H and O–H groups in total. The van der Waals surface area contributed by atoms with Crippen LogP contribution in [0.1, 0.15) is 60.0 Å². The highest BCUT2D eigenvalue weighted by molar-refractivity contribution is 6.30. The number of rotatable bonds is 13. The largest absolute Gasteiger partial charge is 0.493 e. The van der Waals surface area contributed by atoms with E-state index in [-0.39, 0.29) is 50.2 Å². The number of benzene rings is 2. The number of hydrogen-bond donors (Lipinski definition) is 3. The van der Waals surface area contributed by atoms with E-state index >= 15 is 0 Å². The Balaban J connectivity index is 1.86. The number of aliphatic carboxylic acids is 1. The highest BCUT2D eigenvalue weighted by Gasteiger charge is 2.40. The summed E-state index contributed by atoms with van der Waals surface area (Å²) in [6, 6.07) is 10.4. The van der Waals surface area contributed by atoms with E-state index in [4.69, 9.17) is 30.9 Å². The summed E-state index contributed by atoms with van der Waals surface area (Å²) >= 11 is 6.48. The molecule has 0 saturated carbocycles. The fraction of sp³-hybridized carbons (Fsp3) is 0.419. The van der Waals surface area contributed by atoms with Gasteiger partial charge in [-0.05, 0) is 30.7 Å². The van der Waals surface area contributed by atoms with Crippen molar-refractivity contribution in [3.63, 3.8) is 0 Å². The van der Waals surface area contributed by atoms with Crippen LogP contribution in [0.3, 0.4) is 0 Å². The number of methoxy groups -OCH3 is 2. The van der Waals surface area contributed by atoms with E-state index in [1.165, 1.54) is 30.0 Å². The summed E-state index contributed by atoms with van der Waals surface area (Å²) in [5, 5.41) is 33.9. The third kappa shape index (κ3) is 7.15. The van der Waals surface area contributed by atoms with E-state index in [0.29, 0.717) is 33.3 Å². The number of fused-ring (bicyclic) bond motifs is 1. The van der Waals surface area contributed by atoms with Crippen molar-refractivity contribution < 1.29 is 43.9 Å². The van der Waals surface area contributed by atoms with Gasteiger partial charge in [-0.15, -0.1) is 0 Å². The second-order valence-electron chi connectivity index (χ2n) is 11.3. The van der Waals surface area contributed by atoms with E-state index in [9.17, 15) is 24.6 Å². The Labute approximate surface area is 259 Å². The van der Waals surface area contributed by atoms with Crippen LogP contribution in [0.25, 0.3) is 0 Å². The van der Waals surface area contributed by atoms with Crippen molar-refractivity contribution in [3.05, 3.63) is 70.0 Å². The molecule has 0 bridgehead atoms. The number of nitrogens with zero attached hydrogens (tertiary/aromatic N) is 3. The van der Waals surface area contributed by atoms with Crippen molar-refractivity contribution in [1.29, 1.82) is 0 Å². The summed E-state index contributed by atoms with van der Waals surface area (Å²) < 4.78 is 19.2. The second kappa shape index (κ2) is 13.7. The Morgan fingerprint density at radius 2 is 1.86 bits per heavy atom. The van der Waals surface area contributed by atoms with Crippen LogP contribution in [-0.2, 0) is 27.3 Å². The SMILES string of the molecule is COc1cccc([C@H]2OC(Cc3nn(CCCC(=O)O)cc3C(=O)O)C(=O)N(CC(C)(C)CO)c3ccc(Cl)cc32)c1OC. The number of aliphatic hydroxyl groups is 1. The molecule has 0 saturated heterocycles. The minimum atomic E-state index is -1.25. The molecule has 1 amide bonds. The Morgan fingerprint density at radius 3 is 2.50 bits per heavy atom. The Morgan fingerprint density at radius 1 is 1.11 bits per heavy atom. The van der Waals surface area contributed by atoms with Crippen LogP contribution in [0.2, 0.25) is 5.02 Å². The minimum absolute atomic E-state index is 0.105. The van der Waals surface area contributed by atoms with Gasteiger partial charge in [-0.2, -0.15) is 5.10 Å². The van der Waals surface area contributed by atoms with Gasteiger partial charge in [0.05, 0.1) is 19.9 Å². The molecule has 2 heterocycles. The number of aromatic nitrogens is 2. The number of aryl methyl sites for hydroxylation is 1. The molecule has 0 aliphatic carbocycles. The van der Waals surface area contributed by atoms with E-state index in [2.05, 4.69) is 5.10 Å². The zero-order valence-electron chi connectivity index (χ0n) is 24.9. The van der Waals surface area contributed by atoms with Crippen LogP contribution in [0.15, 0.2) is 42.6 Å². The first kappa shape index (κ1) is 32.8.